The Hall–Kier alpha value is -1.68. The van der Waals surface area contributed by atoms with E-state index in [1.165, 1.54) is 17.4 Å². The number of nitrogens with zero attached hydrogens (tertiary/aromatic N) is 1. The lowest BCUT2D eigenvalue weighted by atomic mass is 10.2. The number of nitrogens with one attached hydrogen (secondary N) is 2. The highest BCUT2D eigenvalue weighted by atomic mass is 32.2. The van der Waals surface area contributed by atoms with Gasteiger partial charge in [-0.05, 0) is 50.8 Å². The largest absolute Gasteiger partial charge is 0.347 e. The van der Waals surface area contributed by atoms with Gasteiger partial charge in [0, 0.05) is 10.3 Å². The summed E-state index contributed by atoms with van der Waals surface area (Å²) in [5.41, 5.74) is 1.65. The number of aromatic nitrogens is 1. The molecule has 0 bridgehead atoms. The molecule has 1 amide bonds. The standard InChI is InChI=1S/C20H27N3O3S3/c1-14-19(28-16(3)21-14)15(2)22-20(24)18(10-12-27-4)23-29(25,26)13-11-17-8-6-5-7-9-17/h5-9,11,13,15,18,23H,10,12H2,1-4H3,(H,22,24)/b13-11+/t15-,18-/m0/s1. The first-order valence-electron chi connectivity index (χ1n) is 9.20. The molecule has 0 spiro atoms. The molecule has 0 saturated heterocycles. The maximum absolute atomic E-state index is 12.8. The fraction of sp³-hybridized carbons (Fsp3) is 0.400. The van der Waals surface area contributed by atoms with Crippen LogP contribution in [0.3, 0.4) is 0 Å². The number of hydrogen-bond acceptors (Lipinski definition) is 6. The molecule has 6 nitrogen and oxygen atoms in total. The maximum atomic E-state index is 12.8. The Kier molecular flexibility index (Phi) is 8.88. The predicted molar refractivity (Wildman–Crippen MR) is 122 cm³/mol. The normalized spacial score (nSPS) is 14.1. The first kappa shape index (κ1) is 23.6. The first-order valence-corrected chi connectivity index (χ1v) is 13.0. The monoisotopic (exact) mass is 453 g/mol. The third-order valence-corrected chi connectivity index (χ3v) is 7.17. The molecule has 2 rings (SSSR count). The number of sulfonamides is 1. The number of carbonyl (C=O) groups is 1. The van der Waals surface area contributed by atoms with Crippen LogP contribution < -0.4 is 10.0 Å². The molecule has 1 aromatic carbocycles. The van der Waals surface area contributed by atoms with Crippen molar-refractivity contribution in [3.63, 3.8) is 0 Å². The van der Waals surface area contributed by atoms with E-state index in [1.54, 1.807) is 11.8 Å². The van der Waals surface area contributed by atoms with Crippen LogP contribution in [0.25, 0.3) is 6.08 Å². The minimum absolute atomic E-state index is 0.241. The minimum atomic E-state index is -3.77. The zero-order chi connectivity index (χ0) is 21.4. The van der Waals surface area contributed by atoms with E-state index in [0.29, 0.717) is 12.2 Å². The Morgan fingerprint density at radius 1 is 1.28 bits per heavy atom. The molecular weight excluding hydrogens is 426 g/mol. The van der Waals surface area contributed by atoms with Crippen molar-refractivity contribution in [2.75, 3.05) is 12.0 Å². The molecule has 0 aliphatic carbocycles. The van der Waals surface area contributed by atoms with Crippen LogP contribution in [-0.2, 0) is 14.8 Å². The van der Waals surface area contributed by atoms with Gasteiger partial charge >= 0.3 is 0 Å². The Labute approximate surface area is 181 Å². The first-order chi connectivity index (χ1) is 13.7. The Morgan fingerprint density at radius 2 is 1.97 bits per heavy atom. The summed E-state index contributed by atoms with van der Waals surface area (Å²) in [4.78, 5) is 18.2. The van der Waals surface area contributed by atoms with E-state index >= 15 is 0 Å². The lowest BCUT2D eigenvalue weighted by Gasteiger charge is -2.20. The Balaban J connectivity index is 2.09. The van der Waals surface area contributed by atoms with Gasteiger partial charge in [-0.3, -0.25) is 4.79 Å². The number of aryl methyl sites for hydroxylation is 2. The zero-order valence-corrected chi connectivity index (χ0v) is 19.5. The fourth-order valence-corrected chi connectivity index (χ4v) is 5.22. The topological polar surface area (TPSA) is 88.2 Å². The van der Waals surface area contributed by atoms with Crippen molar-refractivity contribution in [1.82, 2.24) is 15.0 Å². The second kappa shape index (κ2) is 10.9. The summed E-state index contributed by atoms with van der Waals surface area (Å²) in [6.45, 7) is 5.71. The van der Waals surface area contributed by atoms with E-state index in [2.05, 4.69) is 15.0 Å². The van der Waals surface area contributed by atoms with Crippen molar-refractivity contribution in [2.45, 2.75) is 39.3 Å². The van der Waals surface area contributed by atoms with Gasteiger partial charge in [0.25, 0.3) is 0 Å². The minimum Gasteiger partial charge on any atom is -0.347 e. The predicted octanol–water partition coefficient (Wildman–Crippen LogP) is 3.65. The van der Waals surface area contributed by atoms with Gasteiger partial charge in [-0.15, -0.1) is 11.3 Å². The summed E-state index contributed by atoms with van der Waals surface area (Å²) in [6, 6.07) is 8.06. The van der Waals surface area contributed by atoms with Crippen molar-refractivity contribution < 1.29 is 13.2 Å². The molecule has 2 atom stereocenters. The van der Waals surface area contributed by atoms with Gasteiger partial charge in [0.1, 0.15) is 6.04 Å². The summed E-state index contributed by atoms with van der Waals surface area (Å²) in [7, 11) is -3.77. The summed E-state index contributed by atoms with van der Waals surface area (Å²) >= 11 is 3.10. The summed E-state index contributed by atoms with van der Waals surface area (Å²) < 4.78 is 27.5. The third kappa shape index (κ3) is 7.58. The average molecular weight is 454 g/mol. The summed E-state index contributed by atoms with van der Waals surface area (Å²) in [5.74, 6) is 0.324. The Morgan fingerprint density at radius 3 is 2.55 bits per heavy atom. The number of rotatable bonds is 10. The maximum Gasteiger partial charge on any atom is 0.238 e. The Bertz CT molecular complexity index is 940. The number of hydrogen-bond donors (Lipinski definition) is 2. The molecule has 158 valence electrons. The molecular formula is C20H27N3O3S3. The van der Waals surface area contributed by atoms with E-state index in [0.717, 1.165) is 26.6 Å². The van der Waals surface area contributed by atoms with Crippen LogP contribution in [0.15, 0.2) is 35.7 Å². The molecule has 0 aliphatic heterocycles. The van der Waals surface area contributed by atoms with Crippen molar-refractivity contribution >= 4 is 45.1 Å². The van der Waals surface area contributed by atoms with Crippen LogP contribution in [-0.4, -0.2) is 37.4 Å². The van der Waals surface area contributed by atoms with Crippen LogP contribution in [0.2, 0.25) is 0 Å². The third-order valence-electron chi connectivity index (χ3n) is 4.16. The van der Waals surface area contributed by atoms with Crippen LogP contribution in [0.4, 0.5) is 0 Å². The van der Waals surface area contributed by atoms with Gasteiger partial charge in [-0.2, -0.15) is 16.5 Å². The van der Waals surface area contributed by atoms with Crippen molar-refractivity contribution in [3.05, 3.63) is 56.9 Å². The van der Waals surface area contributed by atoms with Gasteiger partial charge in [-0.25, -0.2) is 13.4 Å². The number of thioether (sulfide) groups is 1. The molecule has 2 aromatic rings. The molecule has 0 saturated carbocycles. The van der Waals surface area contributed by atoms with Crippen LogP contribution in [0.1, 0.15) is 40.5 Å². The molecule has 0 aliphatic rings. The van der Waals surface area contributed by atoms with Gasteiger partial charge < -0.3 is 5.32 Å². The van der Waals surface area contributed by atoms with E-state index in [4.69, 9.17) is 0 Å². The van der Waals surface area contributed by atoms with Crippen LogP contribution in [0.5, 0.6) is 0 Å². The molecule has 9 heteroatoms. The smallest absolute Gasteiger partial charge is 0.238 e. The number of carbonyl (C=O) groups excluding carboxylic acids is 1. The molecule has 0 fully saturated rings. The molecule has 0 unspecified atom stereocenters. The molecule has 29 heavy (non-hydrogen) atoms. The van der Waals surface area contributed by atoms with Crippen molar-refractivity contribution in [2.24, 2.45) is 0 Å². The SMILES string of the molecule is CSCC[C@H](NS(=O)(=O)/C=C/c1ccccc1)C(=O)N[C@@H](C)c1sc(C)nc1C. The second-order valence-electron chi connectivity index (χ2n) is 6.62. The lowest BCUT2D eigenvalue weighted by Crippen LogP contribution is -2.47. The van der Waals surface area contributed by atoms with E-state index < -0.39 is 16.1 Å². The van der Waals surface area contributed by atoms with Crippen molar-refractivity contribution in [1.29, 1.82) is 0 Å². The fourth-order valence-electron chi connectivity index (χ4n) is 2.78. The molecule has 1 heterocycles. The average Bonchev–Trinajstić information content (AvgIpc) is 3.02. The summed E-state index contributed by atoms with van der Waals surface area (Å²) in [5, 5.41) is 4.96. The molecule has 1 aromatic heterocycles. The highest BCUT2D eigenvalue weighted by Crippen LogP contribution is 2.24. The van der Waals surface area contributed by atoms with Gasteiger partial charge in [0.15, 0.2) is 0 Å². The second-order valence-corrected chi connectivity index (χ2v) is 10.4. The van der Waals surface area contributed by atoms with Gasteiger partial charge in [-0.1, -0.05) is 30.3 Å². The zero-order valence-electron chi connectivity index (χ0n) is 17.0. The van der Waals surface area contributed by atoms with Gasteiger partial charge in [0.05, 0.1) is 16.7 Å². The van der Waals surface area contributed by atoms with E-state index in [1.807, 2.05) is 57.4 Å². The molecule has 0 radical (unpaired) electrons. The van der Waals surface area contributed by atoms with E-state index in [9.17, 15) is 13.2 Å². The van der Waals surface area contributed by atoms with Gasteiger partial charge in [0.2, 0.25) is 15.9 Å². The highest BCUT2D eigenvalue weighted by molar-refractivity contribution is 7.98. The number of benzene rings is 1. The quantitative estimate of drug-likeness (QED) is 0.573. The number of thiazole rings is 1. The number of amides is 1. The molecule has 2 N–H and O–H groups in total. The summed E-state index contributed by atoms with van der Waals surface area (Å²) in [6.07, 6.45) is 3.83. The highest BCUT2D eigenvalue weighted by Gasteiger charge is 2.25. The van der Waals surface area contributed by atoms with E-state index in [-0.39, 0.29) is 11.9 Å². The lowest BCUT2D eigenvalue weighted by molar-refractivity contribution is -0.123. The van der Waals surface area contributed by atoms with Crippen molar-refractivity contribution in [3.8, 4) is 0 Å². The van der Waals surface area contributed by atoms with Crippen LogP contribution >= 0.6 is 23.1 Å². The van der Waals surface area contributed by atoms with Crippen LogP contribution in [0, 0.1) is 13.8 Å².